The first-order chi connectivity index (χ1) is 11.7. The Balaban J connectivity index is 2.16. The Morgan fingerprint density at radius 2 is 1.54 bits per heavy atom. The molecule has 0 unspecified atom stereocenters. The molecule has 0 radical (unpaired) electrons. The molecule has 24 heavy (non-hydrogen) atoms. The van der Waals surface area contributed by atoms with E-state index in [0.717, 1.165) is 0 Å². The van der Waals surface area contributed by atoms with Crippen LogP contribution in [-0.4, -0.2) is 29.8 Å². The third-order valence-electron chi connectivity index (χ3n) is 3.39. The first kappa shape index (κ1) is 17.2. The van der Waals surface area contributed by atoms with E-state index in [9.17, 15) is 9.59 Å². The van der Waals surface area contributed by atoms with Gasteiger partial charge in [-0.2, -0.15) is 0 Å². The van der Waals surface area contributed by atoms with Crippen molar-refractivity contribution in [2.45, 2.75) is 0 Å². The molecule has 0 aliphatic carbocycles. The number of rotatable bonds is 7. The molecule has 0 spiro atoms. The molecule has 0 saturated heterocycles. The van der Waals surface area contributed by atoms with Gasteiger partial charge in [-0.05, 0) is 30.3 Å². The van der Waals surface area contributed by atoms with Crippen molar-refractivity contribution in [1.29, 1.82) is 0 Å². The molecule has 0 heterocycles. The number of hydrogen-bond donors (Lipinski definition) is 1. The quantitative estimate of drug-likeness (QED) is 0.790. The highest BCUT2D eigenvalue weighted by Crippen LogP contribution is 2.14. The van der Waals surface area contributed by atoms with Crippen LogP contribution >= 0.6 is 0 Å². The second-order valence-electron chi connectivity index (χ2n) is 5.19. The molecule has 1 N–H and O–H groups in total. The minimum absolute atomic E-state index is 0.134. The van der Waals surface area contributed by atoms with Crippen molar-refractivity contribution in [3.8, 4) is 0 Å². The Kier molecular flexibility index (Phi) is 6.08. The van der Waals surface area contributed by atoms with Crippen LogP contribution in [0.2, 0.25) is 0 Å². The first-order valence-corrected chi connectivity index (χ1v) is 7.63. The number of nitrogens with one attached hydrogen (secondary N) is 1. The maximum atomic E-state index is 12.6. The Labute approximate surface area is 142 Å². The summed E-state index contributed by atoms with van der Waals surface area (Å²) in [6.45, 7) is 8.20. The van der Waals surface area contributed by atoms with E-state index in [4.69, 9.17) is 0 Å². The standard InChI is InChI=1S/C20H20N2O2/c1-3-13-22(14-4-2)20(24)17-11-8-12-18(15-17)21-19(23)16-9-6-5-7-10-16/h3-12,15H,1-2,13-14H2,(H,21,23). The Morgan fingerprint density at radius 3 is 2.17 bits per heavy atom. The van der Waals surface area contributed by atoms with Crippen molar-refractivity contribution in [2.75, 3.05) is 18.4 Å². The highest BCUT2D eigenvalue weighted by molar-refractivity contribution is 6.05. The molecule has 0 atom stereocenters. The first-order valence-electron chi connectivity index (χ1n) is 7.63. The van der Waals surface area contributed by atoms with Crippen LogP contribution in [0.5, 0.6) is 0 Å². The van der Waals surface area contributed by atoms with Gasteiger partial charge in [-0.15, -0.1) is 13.2 Å². The summed E-state index contributed by atoms with van der Waals surface area (Å²) in [6, 6.07) is 15.8. The van der Waals surface area contributed by atoms with Crippen LogP contribution in [0.25, 0.3) is 0 Å². The van der Waals surface area contributed by atoms with E-state index >= 15 is 0 Å². The molecule has 4 nitrogen and oxygen atoms in total. The summed E-state index contributed by atoms with van der Waals surface area (Å²) < 4.78 is 0. The minimum Gasteiger partial charge on any atom is -0.331 e. The van der Waals surface area contributed by atoms with Crippen LogP contribution in [-0.2, 0) is 0 Å². The molecule has 0 bridgehead atoms. The zero-order valence-electron chi connectivity index (χ0n) is 13.4. The van der Waals surface area contributed by atoms with Crippen LogP contribution in [0.4, 0.5) is 5.69 Å². The van der Waals surface area contributed by atoms with E-state index in [2.05, 4.69) is 18.5 Å². The lowest BCUT2D eigenvalue weighted by atomic mass is 10.1. The van der Waals surface area contributed by atoms with Gasteiger partial charge >= 0.3 is 0 Å². The number of anilines is 1. The van der Waals surface area contributed by atoms with Crippen molar-refractivity contribution >= 4 is 17.5 Å². The van der Waals surface area contributed by atoms with Crippen molar-refractivity contribution in [1.82, 2.24) is 4.90 Å². The fourth-order valence-electron chi connectivity index (χ4n) is 2.26. The van der Waals surface area contributed by atoms with Gasteiger partial charge in [0.1, 0.15) is 0 Å². The summed E-state index contributed by atoms with van der Waals surface area (Å²) in [4.78, 5) is 26.4. The summed E-state index contributed by atoms with van der Waals surface area (Å²) >= 11 is 0. The van der Waals surface area contributed by atoms with Gasteiger partial charge in [0.25, 0.3) is 11.8 Å². The van der Waals surface area contributed by atoms with Crippen LogP contribution in [0.3, 0.4) is 0 Å². The number of benzene rings is 2. The van der Waals surface area contributed by atoms with E-state index < -0.39 is 0 Å². The molecule has 0 aliphatic heterocycles. The second-order valence-corrected chi connectivity index (χ2v) is 5.19. The van der Waals surface area contributed by atoms with Gasteiger partial charge in [-0.3, -0.25) is 9.59 Å². The fraction of sp³-hybridized carbons (Fsp3) is 0.100. The van der Waals surface area contributed by atoms with E-state index in [1.807, 2.05) is 6.07 Å². The van der Waals surface area contributed by atoms with Crippen molar-refractivity contribution in [3.63, 3.8) is 0 Å². The average molecular weight is 320 g/mol. The number of hydrogen-bond acceptors (Lipinski definition) is 2. The van der Waals surface area contributed by atoms with Gasteiger partial charge in [-0.1, -0.05) is 36.4 Å². The number of carbonyl (C=O) groups is 2. The maximum Gasteiger partial charge on any atom is 0.255 e. The van der Waals surface area contributed by atoms with E-state index in [1.54, 1.807) is 65.6 Å². The lowest BCUT2D eigenvalue weighted by molar-refractivity contribution is 0.0790. The minimum atomic E-state index is -0.214. The molecular weight excluding hydrogens is 300 g/mol. The van der Waals surface area contributed by atoms with Crippen LogP contribution in [0, 0.1) is 0 Å². The Hall–Kier alpha value is -3.14. The lowest BCUT2D eigenvalue weighted by Gasteiger charge is -2.19. The van der Waals surface area contributed by atoms with Crippen molar-refractivity contribution < 1.29 is 9.59 Å². The van der Waals surface area contributed by atoms with Gasteiger partial charge in [0.05, 0.1) is 0 Å². The molecule has 0 aromatic heterocycles. The highest BCUT2D eigenvalue weighted by atomic mass is 16.2. The third kappa shape index (κ3) is 4.43. The SMILES string of the molecule is C=CCN(CC=C)C(=O)c1cccc(NC(=O)c2ccccc2)c1. The summed E-state index contributed by atoms with van der Waals surface area (Å²) in [5, 5.41) is 2.81. The number of amides is 2. The van der Waals surface area contributed by atoms with Gasteiger partial charge in [0.15, 0.2) is 0 Å². The molecule has 2 amide bonds. The Morgan fingerprint density at radius 1 is 0.917 bits per heavy atom. The third-order valence-corrected chi connectivity index (χ3v) is 3.39. The van der Waals surface area contributed by atoms with E-state index in [1.165, 1.54) is 0 Å². The van der Waals surface area contributed by atoms with Crippen LogP contribution in [0.1, 0.15) is 20.7 Å². The van der Waals surface area contributed by atoms with Crippen molar-refractivity contribution in [2.24, 2.45) is 0 Å². The largest absolute Gasteiger partial charge is 0.331 e. The number of nitrogens with zero attached hydrogens (tertiary/aromatic N) is 1. The molecule has 0 fully saturated rings. The predicted molar refractivity (Wildman–Crippen MR) is 97.1 cm³/mol. The molecule has 2 aromatic carbocycles. The molecule has 0 aliphatic rings. The molecular formula is C20H20N2O2. The van der Waals surface area contributed by atoms with Gasteiger partial charge in [-0.25, -0.2) is 0 Å². The van der Waals surface area contributed by atoms with Gasteiger partial charge in [0, 0.05) is 29.9 Å². The highest BCUT2D eigenvalue weighted by Gasteiger charge is 2.14. The molecule has 0 saturated carbocycles. The molecule has 4 heteroatoms. The van der Waals surface area contributed by atoms with E-state index in [-0.39, 0.29) is 11.8 Å². The molecule has 122 valence electrons. The summed E-state index contributed by atoms with van der Waals surface area (Å²) in [7, 11) is 0. The Bertz CT molecular complexity index is 728. The molecule has 2 rings (SSSR count). The zero-order chi connectivity index (χ0) is 17.4. The lowest BCUT2D eigenvalue weighted by Crippen LogP contribution is -2.31. The van der Waals surface area contributed by atoms with E-state index in [0.29, 0.717) is 29.9 Å². The topological polar surface area (TPSA) is 49.4 Å². The summed E-state index contributed by atoms with van der Waals surface area (Å²) in [6.07, 6.45) is 3.34. The summed E-state index contributed by atoms with van der Waals surface area (Å²) in [5.74, 6) is -0.347. The maximum absolute atomic E-state index is 12.6. The number of carbonyl (C=O) groups excluding carboxylic acids is 2. The average Bonchev–Trinajstić information content (AvgIpc) is 2.62. The van der Waals surface area contributed by atoms with Crippen LogP contribution in [0.15, 0.2) is 79.9 Å². The van der Waals surface area contributed by atoms with Gasteiger partial charge in [0.2, 0.25) is 0 Å². The fourth-order valence-corrected chi connectivity index (χ4v) is 2.26. The normalized spacial score (nSPS) is 9.83. The summed E-state index contributed by atoms with van der Waals surface area (Å²) in [5.41, 5.74) is 1.64. The predicted octanol–water partition coefficient (Wildman–Crippen LogP) is 3.75. The monoisotopic (exact) mass is 320 g/mol. The van der Waals surface area contributed by atoms with Crippen molar-refractivity contribution in [3.05, 3.63) is 91.0 Å². The van der Waals surface area contributed by atoms with Gasteiger partial charge < -0.3 is 10.2 Å². The molecule has 2 aromatic rings. The smallest absolute Gasteiger partial charge is 0.255 e. The zero-order valence-corrected chi connectivity index (χ0v) is 13.4. The second kappa shape index (κ2) is 8.48. The van der Waals surface area contributed by atoms with Crippen LogP contribution < -0.4 is 5.32 Å².